The summed E-state index contributed by atoms with van der Waals surface area (Å²) in [4.78, 5) is 12.1. The van der Waals surface area contributed by atoms with Crippen molar-refractivity contribution in [2.45, 2.75) is 43.6 Å². The second-order valence-corrected chi connectivity index (χ2v) is 10.8. The molecular formula is C21H25N5O3S. The van der Waals surface area contributed by atoms with Crippen molar-refractivity contribution in [3.63, 3.8) is 0 Å². The first-order valence-electron chi connectivity index (χ1n) is 10.2. The van der Waals surface area contributed by atoms with Crippen LogP contribution in [0, 0.1) is 0 Å². The van der Waals surface area contributed by atoms with E-state index in [2.05, 4.69) is 15.0 Å². The standard InChI is InChI=1S/C21H25N5O3S/c1-14(27)20-24-17-12-23-19-16(6-10-22-19)18(17)26(20)15-7-11-25(13-15)30(28,29)21(2)8-4-3-5-9-21/h3-6,8,10,12,14-15,27H,7,9,11,13H2,1-2H3,(H,22,23)/t14-,15?,21?/m1/s1. The molecule has 0 amide bonds. The van der Waals surface area contributed by atoms with Gasteiger partial charge in [0.2, 0.25) is 10.0 Å². The summed E-state index contributed by atoms with van der Waals surface area (Å²) in [6.45, 7) is 4.26. The topological polar surface area (TPSA) is 104 Å². The van der Waals surface area contributed by atoms with Crippen LogP contribution in [0.4, 0.5) is 0 Å². The number of imidazole rings is 1. The summed E-state index contributed by atoms with van der Waals surface area (Å²) in [5, 5.41) is 11.3. The SMILES string of the molecule is C[C@@H](O)c1nc2cnc3[nH]ccc3c2n1C1CCN(S(=O)(=O)C2(C)C=CC=CC2)C1. The van der Waals surface area contributed by atoms with Crippen molar-refractivity contribution in [2.75, 3.05) is 13.1 Å². The number of aromatic amines is 1. The van der Waals surface area contributed by atoms with Crippen LogP contribution < -0.4 is 0 Å². The van der Waals surface area contributed by atoms with Crippen molar-refractivity contribution in [2.24, 2.45) is 0 Å². The van der Waals surface area contributed by atoms with Gasteiger partial charge in [0.25, 0.3) is 0 Å². The highest BCUT2D eigenvalue weighted by Gasteiger charge is 2.44. The van der Waals surface area contributed by atoms with E-state index in [0.29, 0.717) is 37.3 Å². The Kier molecular flexibility index (Phi) is 4.39. The molecule has 0 spiro atoms. The van der Waals surface area contributed by atoms with Crippen LogP contribution in [0.15, 0.2) is 42.8 Å². The molecule has 9 heteroatoms. The molecule has 3 aromatic heterocycles. The Hall–Kier alpha value is -2.49. The molecule has 3 aromatic rings. The molecule has 1 saturated heterocycles. The predicted molar refractivity (Wildman–Crippen MR) is 115 cm³/mol. The lowest BCUT2D eigenvalue weighted by molar-refractivity contribution is 0.182. The zero-order valence-electron chi connectivity index (χ0n) is 17.0. The molecule has 3 atom stereocenters. The molecule has 1 aliphatic carbocycles. The summed E-state index contributed by atoms with van der Waals surface area (Å²) >= 11 is 0. The lowest BCUT2D eigenvalue weighted by Crippen LogP contribution is -2.44. The van der Waals surface area contributed by atoms with Gasteiger partial charge in [0.05, 0.1) is 17.8 Å². The zero-order chi connectivity index (χ0) is 21.1. The van der Waals surface area contributed by atoms with Gasteiger partial charge < -0.3 is 14.7 Å². The molecule has 2 aliphatic rings. The normalized spacial score (nSPS) is 26.2. The summed E-state index contributed by atoms with van der Waals surface area (Å²) in [5.41, 5.74) is 2.33. The number of aromatic nitrogens is 4. The van der Waals surface area contributed by atoms with Crippen LogP contribution in [-0.2, 0) is 10.0 Å². The van der Waals surface area contributed by atoms with Gasteiger partial charge in [-0.1, -0.05) is 24.3 Å². The molecule has 30 heavy (non-hydrogen) atoms. The Bertz CT molecular complexity index is 1290. The molecule has 0 aromatic carbocycles. The van der Waals surface area contributed by atoms with Crippen molar-refractivity contribution in [1.82, 2.24) is 23.8 Å². The van der Waals surface area contributed by atoms with E-state index >= 15 is 0 Å². The van der Waals surface area contributed by atoms with Crippen molar-refractivity contribution >= 4 is 32.1 Å². The third-order valence-corrected chi connectivity index (χ3v) is 8.77. The highest BCUT2D eigenvalue weighted by Crippen LogP contribution is 2.37. The molecule has 158 valence electrons. The van der Waals surface area contributed by atoms with Crippen LogP contribution in [0.5, 0.6) is 0 Å². The van der Waals surface area contributed by atoms with Gasteiger partial charge in [0.1, 0.15) is 27.8 Å². The minimum absolute atomic E-state index is 0.110. The number of hydrogen-bond donors (Lipinski definition) is 2. The highest BCUT2D eigenvalue weighted by atomic mass is 32.2. The third kappa shape index (κ3) is 2.76. The molecule has 0 saturated carbocycles. The molecule has 1 aliphatic heterocycles. The zero-order valence-corrected chi connectivity index (χ0v) is 17.8. The number of pyridine rings is 1. The average molecular weight is 428 g/mol. The van der Waals surface area contributed by atoms with Gasteiger partial charge in [-0.2, -0.15) is 4.31 Å². The lowest BCUT2D eigenvalue weighted by atomic mass is 10.0. The molecule has 2 unspecified atom stereocenters. The lowest BCUT2D eigenvalue weighted by Gasteiger charge is -2.31. The monoisotopic (exact) mass is 427 g/mol. The number of rotatable bonds is 4. The number of sulfonamides is 1. The Morgan fingerprint density at radius 1 is 1.37 bits per heavy atom. The third-order valence-electron chi connectivity index (χ3n) is 6.27. The van der Waals surface area contributed by atoms with Gasteiger partial charge in [0, 0.05) is 24.7 Å². The summed E-state index contributed by atoms with van der Waals surface area (Å²) in [7, 11) is -3.52. The van der Waals surface area contributed by atoms with E-state index in [0.717, 1.165) is 16.6 Å². The van der Waals surface area contributed by atoms with E-state index in [1.807, 2.05) is 29.0 Å². The van der Waals surface area contributed by atoms with E-state index in [1.165, 1.54) is 0 Å². The first kappa shape index (κ1) is 19.5. The van der Waals surface area contributed by atoms with E-state index < -0.39 is 20.9 Å². The van der Waals surface area contributed by atoms with Crippen molar-refractivity contribution in [1.29, 1.82) is 0 Å². The Labute approximate surface area is 175 Å². The van der Waals surface area contributed by atoms with E-state index in [1.54, 1.807) is 36.5 Å². The minimum atomic E-state index is -3.52. The number of fused-ring (bicyclic) bond motifs is 3. The van der Waals surface area contributed by atoms with Gasteiger partial charge in [-0.3, -0.25) is 0 Å². The predicted octanol–water partition coefficient (Wildman–Crippen LogP) is 2.82. The number of nitrogens with one attached hydrogen (secondary N) is 1. The van der Waals surface area contributed by atoms with Gasteiger partial charge >= 0.3 is 0 Å². The van der Waals surface area contributed by atoms with Crippen molar-refractivity contribution < 1.29 is 13.5 Å². The number of nitrogens with zero attached hydrogens (tertiary/aromatic N) is 4. The molecule has 0 radical (unpaired) electrons. The second kappa shape index (κ2) is 6.76. The molecule has 4 heterocycles. The summed E-state index contributed by atoms with van der Waals surface area (Å²) in [5.74, 6) is 0.538. The number of H-pyrrole nitrogens is 1. The van der Waals surface area contributed by atoms with Crippen LogP contribution in [0.25, 0.3) is 22.1 Å². The van der Waals surface area contributed by atoms with Crippen LogP contribution >= 0.6 is 0 Å². The summed E-state index contributed by atoms with van der Waals surface area (Å²) < 4.78 is 29.5. The maximum absolute atomic E-state index is 13.4. The van der Waals surface area contributed by atoms with Crippen molar-refractivity contribution in [3.05, 3.63) is 48.6 Å². The first-order chi connectivity index (χ1) is 14.3. The summed E-state index contributed by atoms with van der Waals surface area (Å²) in [6.07, 6.45) is 11.2. The fourth-order valence-corrected chi connectivity index (χ4v) is 6.47. The quantitative estimate of drug-likeness (QED) is 0.666. The van der Waals surface area contributed by atoms with E-state index in [-0.39, 0.29) is 6.04 Å². The highest BCUT2D eigenvalue weighted by molar-refractivity contribution is 7.90. The Morgan fingerprint density at radius 2 is 2.20 bits per heavy atom. The second-order valence-electron chi connectivity index (χ2n) is 8.36. The molecular weight excluding hydrogens is 402 g/mol. The van der Waals surface area contributed by atoms with Crippen LogP contribution in [0.3, 0.4) is 0 Å². The molecule has 5 rings (SSSR count). The molecule has 8 nitrogen and oxygen atoms in total. The largest absolute Gasteiger partial charge is 0.385 e. The average Bonchev–Trinajstić information content (AvgIpc) is 3.44. The van der Waals surface area contributed by atoms with Gasteiger partial charge in [-0.05, 0) is 32.8 Å². The number of allylic oxidation sites excluding steroid dienone is 3. The van der Waals surface area contributed by atoms with Gasteiger partial charge in [-0.25, -0.2) is 18.4 Å². The number of aliphatic hydroxyl groups is 1. The van der Waals surface area contributed by atoms with Gasteiger partial charge in [0.15, 0.2) is 0 Å². The van der Waals surface area contributed by atoms with Crippen LogP contribution in [0.1, 0.15) is 44.7 Å². The maximum atomic E-state index is 13.4. The van der Waals surface area contributed by atoms with E-state index in [9.17, 15) is 13.5 Å². The fourth-order valence-electron chi connectivity index (χ4n) is 4.61. The van der Waals surface area contributed by atoms with Crippen LogP contribution in [0.2, 0.25) is 0 Å². The number of aliphatic hydroxyl groups excluding tert-OH is 1. The number of hydrogen-bond acceptors (Lipinski definition) is 5. The minimum Gasteiger partial charge on any atom is -0.385 e. The van der Waals surface area contributed by atoms with Gasteiger partial charge in [-0.15, -0.1) is 0 Å². The summed E-state index contributed by atoms with van der Waals surface area (Å²) in [6, 6.07) is 1.83. The maximum Gasteiger partial charge on any atom is 0.223 e. The first-order valence-corrected chi connectivity index (χ1v) is 11.6. The molecule has 0 bridgehead atoms. The Balaban J connectivity index is 1.57. The Morgan fingerprint density at radius 3 is 2.93 bits per heavy atom. The van der Waals surface area contributed by atoms with E-state index in [4.69, 9.17) is 0 Å². The smallest absolute Gasteiger partial charge is 0.223 e. The fraction of sp³-hybridized carbons (Fsp3) is 0.429. The molecule has 1 fully saturated rings. The van der Waals surface area contributed by atoms with Crippen molar-refractivity contribution in [3.8, 4) is 0 Å². The van der Waals surface area contributed by atoms with Crippen LogP contribution in [-0.4, -0.2) is 55.2 Å². The molecule has 2 N–H and O–H groups in total.